The fourth-order valence-corrected chi connectivity index (χ4v) is 6.43. The zero-order valence-electron chi connectivity index (χ0n) is 23.1. The third-order valence-corrected chi connectivity index (χ3v) is 8.27. The van der Waals surface area contributed by atoms with E-state index in [0.717, 1.165) is 44.3 Å². The van der Waals surface area contributed by atoms with Gasteiger partial charge in [-0.3, -0.25) is 9.59 Å². The SMILES string of the molecule is CC(C)c1cccc(C(C)C)c1N1C(=O)c2cccc3c(-n4c5ccccc5c5ccccc54)ccc(c23)C1=O. The standard InChI is InChI=1S/C36H30N2O2/c1-21(2)23-13-9-14-24(22(3)4)34(23)38-35(39)28-16-10-15-27-32(20-19-29(33(27)28)36(38)40)37-30-17-7-5-11-25(30)26-12-6-8-18-31(26)37/h5-22H,1-4H3. The summed E-state index contributed by atoms with van der Waals surface area (Å²) in [6, 6.07) is 32.6. The van der Waals surface area contributed by atoms with Crippen LogP contribution in [0.25, 0.3) is 38.3 Å². The Hall–Kier alpha value is -4.70. The van der Waals surface area contributed by atoms with Gasteiger partial charge >= 0.3 is 0 Å². The van der Waals surface area contributed by atoms with E-state index in [-0.39, 0.29) is 23.7 Å². The van der Waals surface area contributed by atoms with Crippen LogP contribution in [-0.2, 0) is 0 Å². The minimum Gasteiger partial charge on any atom is -0.309 e. The van der Waals surface area contributed by atoms with Crippen LogP contribution >= 0.6 is 0 Å². The lowest BCUT2D eigenvalue weighted by molar-refractivity contribution is 0.0893. The van der Waals surface area contributed by atoms with Crippen molar-refractivity contribution >= 4 is 50.1 Å². The van der Waals surface area contributed by atoms with Crippen LogP contribution < -0.4 is 4.90 Å². The number of fused-ring (bicyclic) bond motifs is 3. The number of rotatable bonds is 4. The van der Waals surface area contributed by atoms with Crippen molar-refractivity contribution in [2.45, 2.75) is 39.5 Å². The van der Waals surface area contributed by atoms with E-state index in [1.807, 2.05) is 60.7 Å². The molecule has 1 aromatic heterocycles. The number of imide groups is 1. The van der Waals surface area contributed by atoms with Crippen LogP contribution in [0.5, 0.6) is 0 Å². The molecule has 0 radical (unpaired) electrons. The molecule has 0 N–H and O–H groups in total. The maximum Gasteiger partial charge on any atom is 0.266 e. The van der Waals surface area contributed by atoms with Crippen LogP contribution in [0.2, 0.25) is 0 Å². The van der Waals surface area contributed by atoms with Crippen LogP contribution in [-0.4, -0.2) is 16.4 Å². The van der Waals surface area contributed by atoms with Gasteiger partial charge in [0, 0.05) is 32.7 Å². The number of carbonyl (C=O) groups is 2. The molecule has 40 heavy (non-hydrogen) atoms. The molecule has 7 rings (SSSR count). The minimum absolute atomic E-state index is 0.157. The maximum absolute atomic E-state index is 14.3. The number of benzene rings is 5. The van der Waals surface area contributed by atoms with Crippen LogP contribution in [0.15, 0.2) is 97.1 Å². The first kappa shape index (κ1) is 24.3. The van der Waals surface area contributed by atoms with E-state index in [1.165, 1.54) is 15.7 Å². The van der Waals surface area contributed by atoms with Gasteiger partial charge in [0.15, 0.2) is 0 Å². The van der Waals surface area contributed by atoms with E-state index >= 15 is 0 Å². The lowest BCUT2D eigenvalue weighted by Crippen LogP contribution is -2.41. The van der Waals surface area contributed by atoms with Gasteiger partial charge < -0.3 is 4.57 Å². The average molecular weight is 523 g/mol. The molecule has 1 aliphatic rings. The molecule has 0 saturated carbocycles. The Morgan fingerprint density at radius 3 is 1.60 bits per heavy atom. The van der Waals surface area contributed by atoms with Gasteiger partial charge in [0.1, 0.15) is 0 Å². The van der Waals surface area contributed by atoms with Crippen molar-refractivity contribution in [1.29, 1.82) is 0 Å². The van der Waals surface area contributed by atoms with Gasteiger partial charge in [-0.1, -0.05) is 94.4 Å². The third-order valence-electron chi connectivity index (χ3n) is 8.27. The summed E-state index contributed by atoms with van der Waals surface area (Å²) in [4.78, 5) is 30.0. The molecule has 2 heterocycles. The molecule has 4 nitrogen and oxygen atoms in total. The Kier molecular flexibility index (Phi) is 5.43. The number of nitrogens with zero attached hydrogens (tertiary/aromatic N) is 2. The second kappa shape index (κ2) is 8.92. The smallest absolute Gasteiger partial charge is 0.266 e. The minimum atomic E-state index is -0.266. The highest BCUT2D eigenvalue weighted by Crippen LogP contribution is 2.42. The Balaban J connectivity index is 1.51. The third kappa shape index (κ3) is 3.32. The van der Waals surface area contributed by atoms with Crippen molar-refractivity contribution in [3.05, 3.63) is 119 Å². The molecule has 1 aliphatic heterocycles. The van der Waals surface area contributed by atoms with E-state index in [2.05, 4.69) is 68.7 Å². The topological polar surface area (TPSA) is 42.3 Å². The van der Waals surface area contributed by atoms with Crippen LogP contribution in [0.3, 0.4) is 0 Å². The van der Waals surface area contributed by atoms with Gasteiger partial charge in [-0.15, -0.1) is 0 Å². The largest absolute Gasteiger partial charge is 0.309 e. The van der Waals surface area contributed by atoms with E-state index in [1.54, 1.807) is 0 Å². The Labute approximate surface area is 233 Å². The first-order valence-electron chi connectivity index (χ1n) is 13.9. The number of hydrogen-bond donors (Lipinski definition) is 0. The fourth-order valence-electron chi connectivity index (χ4n) is 6.43. The van der Waals surface area contributed by atoms with E-state index in [0.29, 0.717) is 11.1 Å². The normalized spacial score (nSPS) is 13.5. The van der Waals surface area contributed by atoms with Crippen molar-refractivity contribution in [3.8, 4) is 5.69 Å². The summed E-state index contributed by atoms with van der Waals surface area (Å²) in [5.41, 5.74) is 7.00. The van der Waals surface area contributed by atoms with Crippen LogP contribution in [0, 0.1) is 0 Å². The lowest BCUT2D eigenvalue weighted by atomic mass is 9.88. The highest BCUT2D eigenvalue weighted by Gasteiger charge is 2.37. The molecule has 196 valence electrons. The summed E-state index contributed by atoms with van der Waals surface area (Å²) in [5.74, 6) is -0.219. The molecule has 0 unspecified atom stereocenters. The molecule has 4 heteroatoms. The van der Waals surface area contributed by atoms with Gasteiger partial charge in [-0.25, -0.2) is 4.90 Å². The van der Waals surface area contributed by atoms with Gasteiger partial charge in [0.2, 0.25) is 0 Å². The molecule has 0 bridgehead atoms. The molecule has 0 fully saturated rings. The first-order valence-corrected chi connectivity index (χ1v) is 13.9. The Morgan fingerprint density at radius 1 is 0.525 bits per heavy atom. The van der Waals surface area contributed by atoms with Crippen LogP contribution in [0.4, 0.5) is 5.69 Å². The quantitative estimate of drug-likeness (QED) is 0.217. The van der Waals surface area contributed by atoms with Gasteiger partial charge in [0.05, 0.1) is 22.4 Å². The van der Waals surface area contributed by atoms with Crippen LogP contribution in [0.1, 0.15) is 71.4 Å². The Morgan fingerprint density at radius 2 is 1.02 bits per heavy atom. The molecule has 2 amide bonds. The predicted octanol–water partition coefficient (Wildman–Crippen LogP) is 8.98. The van der Waals surface area contributed by atoms with Crippen molar-refractivity contribution in [3.63, 3.8) is 0 Å². The number of anilines is 1. The zero-order chi connectivity index (χ0) is 27.7. The summed E-state index contributed by atoms with van der Waals surface area (Å²) < 4.78 is 2.25. The molecule has 6 aromatic rings. The summed E-state index contributed by atoms with van der Waals surface area (Å²) in [6.07, 6.45) is 0. The average Bonchev–Trinajstić information content (AvgIpc) is 3.30. The number of aromatic nitrogens is 1. The fraction of sp³-hybridized carbons (Fsp3) is 0.167. The van der Waals surface area contributed by atoms with Crippen molar-refractivity contribution in [1.82, 2.24) is 4.57 Å². The molecule has 0 spiro atoms. The Bertz CT molecular complexity index is 1910. The number of carbonyl (C=O) groups excluding carboxylic acids is 2. The van der Waals surface area contributed by atoms with E-state index < -0.39 is 0 Å². The van der Waals surface area contributed by atoms with E-state index in [9.17, 15) is 9.59 Å². The zero-order valence-corrected chi connectivity index (χ0v) is 23.1. The lowest BCUT2D eigenvalue weighted by Gasteiger charge is -2.32. The predicted molar refractivity (Wildman–Crippen MR) is 164 cm³/mol. The summed E-state index contributed by atoms with van der Waals surface area (Å²) in [6.45, 7) is 8.42. The molecule has 0 saturated heterocycles. The van der Waals surface area contributed by atoms with Gasteiger partial charge in [-0.05, 0) is 53.3 Å². The second-order valence-electron chi connectivity index (χ2n) is 11.3. The highest BCUT2D eigenvalue weighted by atomic mass is 16.2. The monoisotopic (exact) mass is 522 g/mol. The first-order chi connectivity index (χ1) is 19.4. The number of hydrogen-bond acceptors (Lipinski definition) is 2. The van der Waals surface area contributed by atoms with Gasteiger partial charge in [-0.2, -0.15) is 0 Å². The number of amides is 2. The number of para-hydroxylation sites is 3. The molecule has 5 aromatic carbocycles. The van der Waals surface area contributed by atoms with E-state index in [4.69, 9.17) is 0 Å². The maximum atomic E-state index is 14.3. The summed E-state index contributed by atoms with van der Waals surface area (Å²) >= 11 is 0. The van der Waals surface area contributed by atoms with Gasteiger partial charge in [0.25, 0.3) is 11.8 Å². The van der Waals surface area contributed by atoms with Crippen molar-refractivity contribution in [2.75, 3.05) is 4.90 Å². The summed E-state index contributed by atoms with van der Waals surface area (Å²) in [5, 5.41) is 3.96. The molecular formula is C36H30N2O2. The van der Waals surface area contributed by atoms with Crippen molar-refractivity contribution in [2.24, 2.45) is 0 Å². The highest BCUT2D eigenvalue weighted by molar-refractivity contribution is 6.36. The molecule has 0 aliphatic carbocycles. The second-order valence-corrected chi connectivity index (χ2v) is 11.3. The summed E-state index contributed by atoms with van der Waals surface area (Å²) in [7, 11) is 0. The van der Waals surface area contributed by atoms with Crippen molar-refractivity contribution < 1.29 is 9.59 Å². The molecule has 0 atom stereocenters. The molecular weight excluding hydrogens is 492 g/mol.